The van der Waals surface area contributed by atoms with Crippen molar-refractivity contribution in [3.05, 3.63) is 46.0 Å². The van der Waals surface area contributed by atoms with Crippen molar-refractivity contribution >= 4 is 45.3 Å². The number of imidazole rings is 1. The van der Waals surface area contributed by atoms with Gasteiger partial charge in [0.15, 0.2) is 0 Å². The number of carbonyl (C=O) groups excluding carboxylic acids is 1. The number of nitrogens with one attached hydrogen (secondary N) is 1. The predicted octanol–water partition coefficient (Wildman–Crippen LogP) is 2.34. The molecule has 1 saturated heterocycles. The SMILES string of the molecule is COC(=O)CN1CCN(c2ccc(Nc3nc4sccn4c3[N+](=O)[O-])cc2)CC1. The lowest BCUT2D eigenvalue weighted by atomic mass is 10.2. The van der Waals surface area contributed by atoms with Gasteiger partial charge in [0.1, 0.15) is 6.20 Å². The minimum Gasteiger partial charge on any atom is -0.468 e. The number of anilines is 3. The zero-order valence-corrected chi connectivity index (χ0v) is 16.6. The lowest BCUT2D eigenvalue weighted by Gasteiger charge is -2.35. The molecule has 0 spiro atoms. The fourth-order valence-corrected chi connectivity index (χ4v) is 4.04. The van der Waals surface area contributed by atoms with E-state index in [1.807, 2.05) is 24.3 Å². The molecule has 10 nitrogen and oxygen atoms in total. The number of thiazole rings is 1. The Labute approximate surface area is 170 Å². The Kier molecular flexibility index (Phi) is 5.32. The summed E-state index contributed by atoms with van der Waals surface area (Å²) in [5.74, 6) is -0.0693. The minimum absolute atomic E-state index is 0.0768. The van der Waals surface area contributed by atoms with Crippen LogP contribution in [0.15, 0.2) is 35.8 Å². The molecule has 29 heavy (non-hydrogen) atoms. The number of nitro groups is 1. The minimum atomic E-state index is -0.433. The van der Waals surface area contributed by atoms with E-state index in [1.54, 1.807) is 11.6 Å². The van der Waals surface area contributed by atoms with Crippen LogP contribution in [0.25, 0.3) is 4.96 Å². The summed E-state index contributed by atoms with van der Waals surface area (Å²) < 4.78 is 6.18. The number of ether oxygens (including phenoxy) is 1. The van der Waals surface area contributed by atoms with Crippen molar-refractivity contribution in [2.75, 3.05) is 50.1 Å². The zero-order chi connectivity index (χ0) is 20.4. The Balaban J connectivity index is 1.42. The van der Waals surface area contributed by atoms with Crippen molar-refractivity contribution in [1.29, 1.82) is 0 Å². The van der Waals surface area contributed by atoms with Gasteiger partial charge >= 0.3 is 11.8 Å². The number of esters is 1. The van der Waals surface area contributed by atoms with Crippen LogP contribution in [0.3, 0.4) is 0 Å². The summed E-state index contributed by atoms with van der Waals surface area (Å²) in [6.07, 6.45) is 1.64. The molecule has 0 amide bonds. The van der Waals surface area contributed by atoms with E-state index in [1.165, 1.54) is 22.8 Å². The van der Waals surface area contributed by atoms with Crippen LogP contribution in [-0.2, 0) is 9.53 Å². The van der Waals surface area contributed by atoms with Gasteiger partial charge < -0.3 is 25.1 Å². The first-order valence-electron chi connectivity index (χ1n) is 9.06. The average Bonchev–Trinajstić information content (AvgIpc) is 3.29. The van der Waals surface area contributed by atoms with E-state index >= 15 is 0 Å². The highest BCUT2D eigenvalue weighted by atomic mass is 32.1. The Morgan fingerprint density at radius 2 is 2.00 bits per heavy atom. The standard InChI is InChI=1S/C18H20N6O4S/c1-28-15(25)12-21-6-8-22(9-7-21)14-4-2-13(3-5-14)19-16-17(24(26)27)23-10-11-29-18(23)20-16/h2-5,10-11,19H,6-9,12H2,1H3. The van der Waals surface area contributed by atoms with Gasteiger partial charge in [0, 0.05) is 42.9 Å². The van der Waals surface area contributed by atoms with Gasteiger partial charge in [-0.25, -0.2) is 0 Å². The second-order valence-corrected chi connectivity index (χ2v) is 7.48. The first-order valence-corrected chi connectivity index (χ1v) is 9.94. The number of benzene rings is 1. The van der Waals surface area contributed by atoms with Crippen LogP contribution in [-0.4, -0.2) is 65.0 Å². The quantitative estimate of drug-likeness (QED) is 0.371. The molecule has 1 aliphatic rings. The number of piperazine rings is 1. The molecule has 152 valence electrons. The van der Waals surface area contributed by atoms with Crippen molar-refractivity contribution in [1.82, 2.24) is 14.3 Å². The van der Waals surface area contributed by atoms with Gasteiger partial charge in [-0.3, -0.25) is 9.69 Å². The Hall–Kier alpha value is -3.18. The molecular formula is C18H20N6O4S. The molecule has 1 aromatic carbocycles. The number of carbonyl (C=O) groups is 1. The molecule has 1 fully saturated rings. The largest absolute Gasteiger partial charge is 0.468 e. The van der Waals surface area contributed by atoms with Gasteiger partial charge in [0.05, 0.1) is 13.7 Å². The first kappa shape index (κ1) is 19.2. The van der Waals surface area contributed by atoms with Crippen LogP contribution in [0.1, 0.15) is 0 Å². The summed E-state index contributed by atoms with van der Waals surface area (Å²) in [4.78, 5) is 31.6. The number of fused-ring (bicyclic) bond motifs is 1. The number of nitrogens with zero attached hydrogens (tertiary/aromatic N) is 5. The second-order valence-electron chi connectivity index (χ2n) is 6.61. The third-order valence-electron chi connectivity index (χ3n) is 4.86. The van der Waals surface area contributed by atoms with E-state index in [0.717, 1.165) is 37.6 Å². The highest BCUT2D eigenvalue weighted by molar-refractivity contribution is 7.15. The van der Waals surface area contributed by atoms with Gasteiger partial charge in [-0.15, -0.1) is 0 Å². The van der Waals surface area contributed by atoms with Gasteiger partial charge in [-0.2, -0.15) is 9.38 Å². The van der Waals surface area contributed by atoms with Crippen molar-refractivity contribution in [2.24, 2.45) is 0 Å². The maximum atomic E-state index is 11.4. The second kappa shape index (κ2) is 8.05. The van der Waals surface area contributed by atoms with Gasteiger partial charge in [-0.1, -0.05) is 11.3 Å². The molecule has 0 unspecified atom stereocenters. The van der Waals surface area contributed by atoms with E-state index in [2.05, 4.69) is 20.1 Å². The highest BCUT2D eigenvalue weighted by Crippen LogP contribution is 2.31. The number of aromatic nitrogens is 2. The Morgan fingerprint density at radius 3 is 2.66 bits per heavy atom. The highest BCUT2D eigenvalue weighted by Gasteiger charge is 2.24. The van der Waals surface area contributed by atoms with Crippen molar-refractivity contribution < 1.29 is 14.5 Å². The molecule has 0 atom stereocenters. The molecule has 11 heteroatoms. The smallest absolute Gasteiger partial charge is 0.373 e. The van der Waals surface area contributed by atoms with Crippen LogP contribution in [0.4, 0.5) is 23.0 Å². The maximum Gasteiger partial charge on any atom is 0.373 e. The molecule has 1 aliphatic heterocycles. The molecule has 4 rings (SSSR count). The lowest BCUT2D eigenvalue weighted by Crippen LogP contribution is -2.48. The van der Waals surface area contributed by atoms with Crippen molar-refractivity contribution in [2.45, 2.75) is 0 Å². The number of methoxy groups -OCH3 is 1. The van der Waals surface area contributed by atoms with E-state index in [4.69, 9.17) is 4.74 Å². The average molecular weight is 416 g/mol. The van der Waals surface area contributed by atoms with Gasteiger partial charge in [0.2, 0.25) is 5.82 Å². The van der Waals surface area contributed by atoms with E-state index in [-0.39, 0.29) is 17.6 Å². The van der Waals surface area contributed by atoms with Crippen molar-refractivity contribution in [3.63, 3.8) is 0 Å². The molecular weight excluding hydrogens is 396 g/mol. The topological polar surface area (TPSA) is 105 Å². The summed E-state index contributed by atoms with van der Waals surface area (Å²) in [6, 6.07) is 7.71. The lowest BCUT2D eigenvalue weighted by molar-refractivity contribution is -0.389. The van der Waals surface area contributed by atoms with Crippen LogP contribution in [0.2, 0.25) is 0 Å². The van der Waals surface area contributed by atoms with Crippen LogP contribution < -0.4 is 10.2 Å². The summed E-state index contributed by atoms with van der Waals surface area (Å²) in [5.41, 5.74) is 1.79. The third-order valence-corrected chi connectivity index (χ3v) is 5.61. The summed E-state index contributed by atoms with van der Waals surface area (Å²) in [6.45, 7) is 3.51. The number of hydrogen-bond donors (Lipinski definition) is 1. The summed E-state index contributed by atoms with van der Waals surface area (Å²) in [5, 5.41) is 16.2. The number of hydrogen-bond acceptors (Lipinski definition) is 9. The molecule has 0 aliphatic carbocycles. The monoisotopic (exact) mass is 416 g/mol. The van der Waals surface area contributed by atoms with Crippen LogP contribution in [0, 0.1) is 10.1 Å². The molecule has 3 heterocycles. The maximum absolute atomic E-state index is 11.4. The molecule has 2 aromatic heterocycles. The van der Waals surface area contributed by atoms with E-state index in [9.17, 15) is 14.9 Å². The van der Waals surface area contributed by atoms with E-state index < -0.39 is 4.92 Å². The van der Waals surface area contributed by atoms with Gasteiger partial charge in [-0.05, 0) is 29.2 Å². The van der Waals surface area contributed by atoms with Gasteiger partial charge in [0.25, 0.3) is 4.96 Å². The molecule has 3 aromatic rings. The Morgan fingerprint density at radius 1 is 1.28 bits per heavy atom. The Bertz CT molecular complexity index is 1020. The molecule has 0 bridgehead atoms. The molecule has 0 radical (unpaired) electrons. The zero-order valence-electron chi connectivity index (χ0n) is 15.8. The summed E-state index contributed by atoms with van der Waals surface area (Å²) >= 11 is 1.34. The fraction of sp³-hybridized carbons (Fsp3) is 0.333. The summed E-state index contributed by atoms with van der Waals surface area (Å²) in [7, 11) is 1.40. The third kappa shape index (κ3) is 4.00. The number of rotatable bonds is 6. The normalized spacial score (nSPS) is 14.9. The van der Waals surface area contributed by atoms with E-state index in [0.29, 0.717) is 11.5 Å². The van der Waals surface area contributed by atoms with Crippen molar-refractivity contribution in [3.8, 4) is 0 Å². The predicted molar refractivity (Wildman–Crippen MR) is 110 cm³/mol. The van der Waals surface area contributed by atoms with Crippen LogP contribution >= 0.6 is 11.3 Å². The molecule has 1 N–H and O–H groups in total. The first-order chi connectivity index (χ1) is 14.0. The fourth-order valence-electron chi connectivity index (χ4n) is 3.34. The molecule has 0 saturated carbocycles. The van der Waals surface area contributed by atoms with Crippen LogP contribution in [0.5, 0.6) is 0 Å².